The molecule has 0 spiro atoms. The third-order valence-electron chi connectivity index (χ3n) is 3.30. The Balaban J connectivity index is 2.22. The summed E-state index contributed by atoms with van der Waals surface area (Å²) >= 11 is 12.1. The fraction of sp³-hybridized carbons (Fsp3) is 0.538. The van der Waals surface area contributed by atoms with Crippen molar-refractivity contribution in [1.82, 2.24) is 10.2 Å². The average Bonchev–Trinajstić information content (AvgIpc) is 2.38. The summed E-state index contributed by atoms with van der Waals surface area (Å²) in [6.07, 6.45) is 0.474. The lowest BCUT2D eigenvalue weighted by Crippen LogP contribution is -2.45. The second kappa shape index (κ2) is 6.71. The Morgan fingerprint density at radius 3 is 2.61 bits per heavy atom. The van der Waals surface area contributed by atoms with Gasteiger partial charge < -0.3 is 5.32 Å². The quantitative estimate of drug-likeness (QED) is 0.915. The number of hydrogen-bond donors (Lipinski definition) is 1. The van der Waals surface area contributed by atoms with Crippen LogP contribution in [0.1, 0.15) is 18.0 Å². The van der Waals surface area contributed by atoms with Gasteiger partial charge in [0.2, 0.25) is 0 Å². The molecule has 2 rings (SSSR count). The molecule has 1 saturated heterocycles. The van der Waals surface area contributed by atoms with Gasteiger partial charge in [-0.25, -0.2) is 0 Å². The molecule has 1 fully saturated rings. The number of halogens is 3. The van der Waals surface area contributed by atoms with Crippen molar-refractivity contribution in [2.24, 2.45) is 0 Å². The molecule has 0 unspecified atom stereocenters. The van der Waals surface area contributed by atoms with Crippen molar-refractivity contribution in [2.75, 3.05) is 32.9 Å². The molecule has 0 amide bonds. The number of piperazine rings is 1. The van der Waals surface area contributed by atoms with Gasteiger partial charge >= 0.3 is 0 Å². The van der Waals surface area contributed by atoms with Crippen LogP contribution in [0.3, 0.4) is 0 Å². The fourth-order valence-corrected chi connectivity index (χ4v) is 2.94. The highest BCUT2D eigenvalue weighted by Crippen LogP contribution is 2.32. The molecular weight excluding hydrogens is 274 g/mol. The zero-order chi connectivity index (χ0) is 13.0. The number of hydrogen-bond acceptors (Lipinski definition) is 2. The second-order valence-corrected chi connectivity index (χ2v) is 5.29. The molecule has 1 heterocycles. The standard InChI is InChI=1S/C13H17Cl2FN2/c14-10-1-2-11(12(15)9-10)13(3-4-16)18-7-5-17-6-8-18/h1-2,9,13,17H,3-8H2/t13-/m0/s1. The maximum Gasteiger partial charge on any atom is 0.0912 e. The minimum Gasteiger partial charge on any atom is -0.314 e. The maximum absolute atomic E-state index is 12.8. The van der Waals surface area contributed by atoms with Crippen LogP contribution in [0.2, 0.25) is 10.0 Å². The van der Waals surface area contributed by atoms with Crippen molar-refractivity contribution in [2.45, 2.75) is 12.5 Å². The van der Waals surface area contributed by atoms with Crippen molar-refractivity contribution in [3.8, 4) is 0 Å². The Kier molecular flexibility index (Phi) is 5.25. The van der Waals surface area contributed by atoms with Crippen LogP contribution < -0.4 is 5.32 Å². The minimum atomic E-state index is -0.340. The average molecular weight is 291 g/mol. The molecule has 1 atom stereocenters. The van der Waals surface area contributed by atoms with Gasteiger partial charge in [-0.2, -0.15) is 0 Å². The minimum absolute atomic E-state index is 0.0434. The smallest absolute Gasteiger partial charge is 0.0912 e. The predicted molar refractivity (Wildman–Crippen MR) is 74.2 cm³/mol. The Morgan fingerprint density at radius 1 is 1.28 bits per heavy atom. The lowest BCUT2D eigenvalue weighted by Gasteiger charge is -2.35. The summed E-state index contributed by atoms with van der Waals surface area (Å²) in [5, 5.41) is 4.54. The molecule has 5 heteroatoms. The first kappa shape index (κ1) is 14.1. The van der Waals surface area contributed by atoms with Crippen LogP contribution >= 0.6 is 23.2 Å². The van der Waals surface area contributed by atoms with Crippen molar-refractivity contribution < 1.29 is 4.39 Å². The van der Waals surface area contributed by atoms with Gasteiger partial charge in [0.25, 0.3) is 0 Å². The summed E-state index contributed by atoms with van der Waals surface area (Å²) in [5.41, 5.74) is 0.973. The van der Waals surface area contributed by atoms with E-state index >= 15 is 0 Å². The largest absolute Gasteiger partial charge is 0.314 e. The van der Waals surface area contributed by atoms with E-state index in [-0.39, 0.29) is 12.7 Å². The van der Waals surface area contributed by atoms with E-state index in [1.165, 1.54) is 0 Å². The summed E-state index contributed by atoms with van der Waals surface area (Å²) in [5.74, 6) is 0. The molecule has 2 nitrogen and oxygen atoms in total. The number of benzene rings is 1. The summed E-state index contributed by atoms with van der Waals surface area (Å²) in [6.45, 7) is 3.38. The Morgan fingerprint density at radius 2 is 2.00 bits per heavy atom. The van der Waals surface area contributed by atoms with E-state index in [0.717, 1.165) is 31.7 Å². The molecule has 0 bridgehead atoms. The topological polar surface area (TPSA) is 15.3 Å². The normalized spacial score (nSPS) is 18.8. The fourth-order valence-electron chi connectivity index (χ4n) is 2.40. The molecule has 1 aliphatic rings. The molecule has 18 heavy (non-hydrogen) atoms. The van der Waals surface area contributed by atoms with Crippen LogP contribution in [0.4, 0.5) is 4.39 Å². The zero-order valence-corrected chi connectivity index (χ0v) is 11.6. The number of nitrogens with zero attached hydrogens (tertiary/aromatic N) is 1. The van der Waals surface area contributed by atoms with Crippen LogP contribution in [0, 0.1) is 0 Å². The summed E-state index contributed by atoms with van der Waals surface area (Å²) < 4.78 is 12.8. The van der Waals surface area contributed by atoms with Gasteiger partial charge in [0.15, 0.2) is 0 Å². The van der Waals surface area contributed by atoms with Crippen LogP contribution in [-0.4, -0.2) is 37.8 Å². The van der Waals surface area contributed by atoms with Gasteiger partial charge in [0.1, 0.15) is 0 Å². The number of alkyl halides is 1. The second-order valence-electron chi connectivity index (χ2n) is 4.45. The van der Waals surface area contributed by atoms with Crippen molar-refractivity contribution >= 4 is 23.2 Å². The third kappa shape index (κ3) is 3.35. The van der Waals surface area contributed by atoms with Crippen LogP contribution in [0.5, 0.6) is 0 Å². The molecule has 0 aliphatic carbocycles. The van der Waals surface area contributed by atoms with Gasteiger partial charge in [0.05, 0.1) is 6.67 Å². The number of rotatable bonds is 4. The SMILES string of the molecule is FCC[C@@H](c1ccc(Cl)cc1Cl)N1CCNCC1. The molecule has 1 aromatic rings. The van der Waals surface area contributed by atoms with Crippen molar-refractivity contribution in [1.29, 1.82) is 0 Å². The predicted octanol–water partition coefficient (Wildman–Crippen LogP) is 3.30. The highest BCUT2D eigenvalue weighted by Gasteiger charge is 2.23. The highest BCUT2D eigenvalue weighted by atomic mass is 35.5. The lowest BCUT2D eigenvalue weighted by molar-refractivity contribution is 0.157. The first-order valence-corrected chi connectivity index (χ1v) is 6.93. The lowest BCUT2D eigenvalue weighted by atomic mass is 10.0. The van der Waals surface area contributed by atoms with Gasteiger partial charge in [-0.15, -0.1) is 0 Å². The van der Waals surface area contributed by atoms with Gasteiger partial charge in [-0.05, 0) is 24.1 Å². The Labute approximate surface area is 117 Å². The summed E-state index contributed by atoms with van der Waals surface area (Å²) in [7, 11) is 0. The zero-order valence-electron chi connectivity index (χ0n) is 10.1. The molecule has 1 aromatic carbocycles. The molecular formula is C13H17Cl2FN2. The van der Waals surface area contributed by atoms with Crippen molar-refractivity contribution in [3.05, 3.63) is 33.8 Å². The van der Waals surface area contributed by atoms with Crippen LogP contribution in [0.15, 0.2) is 18.2 Å². The van der Waals surface area contributed by atoms with E-state index < -0.39 is 0 Å². The van der Waals surface area contributed by atoms with E-state index in [1.807, 2.05) is 12.1 Å². The third-order valence-corrected chi connectivity index (χ3v) is 3.86. The van der Waals surface area contributed by atoms with E-state index in [9.17, 15) is 4.39 Å². The van der Waals surface area contributed by atoms with E-state index in [1.54, 1.807) is 6.07 Å². The van der Waals surface area contributed by atoms with Gasteiger partial charge in [-0.3, -0.25) is 9.29 Å². The Hall–Kier alpha value is -0.350. The molecule has 1 N–H and O–H groups in total. The maximum atomic E-state index is 12.8. The molecule has 0 aromatic heterocycles. The monoisotopic (exact) mass is 290 g/mol. The van der Waals surface area contributed by atoms with E-state index in [2.05, 4.69) is 10.2 Å². The highest BCUT2D eigenvalue weighted by molar-refractivity contribution is 6.35. The summed E-state index contributed by atoms with van der Waals surface area (Å²) in [4.78, 5) is 2.28. The number of nitrogens with one attached hydrogen (secondary N) is 1. The summed E-state index contributed by atoms with van der Waals surface area (Å²) in [6, 6.07) is 5.50. The Bertz CT molecular complexity index is 395. The van der Waals surface area contributed by atoms with Gasteiger partial charge in [0, 0.05) is 42.3 Å². The first-order valence-electron chi connectivity index (χ1n) is 6.18. The van der Waals surface area contributed by atoms with E-state index in [4.69, 9.17) is 23.2 Å². The van der Waals surface area contributed by atoms with Gasteiger partial charge in [-0.1, -0.05) is 29.3 Å². The van der Waals surface area contributed by atoms with Crippen LogP contribution in [0.25, 0.3) is 0 Å². The van der Waals surface area contributed by atoms with Crippen LogP contribution in [-0.2, 0) is 0 Å². The van der Waals surface area contributed by atoms with Crippen molar-refractivity contribution in [3.63, 3.8) is 0 Å². The molecule has 100 valence electrons. The molecule has 0 radical (unpaired) electrons. The molecule has 1 aliphatic heterocycles. The molecule has 0 saturated carbocycles. The first-order chi connectivity index (χ1) is 8.72. The van der Waals surface area contributed by atoms with E-state index in [0.29, 0.717) is 16.5 Å².